The molecule has 1 aliphatic heterocycles. The molecule has 0 radical (unpaired) electrons. The molecule has 0 saturated carbocycles. The number of ether oxygens (including phenoxy) is 1. The Kier molecular flexibility index (Phi) is 3.92. The zero-order valence-corrected chi connectivity index (χ0v) is 9.69. The van der Waals surface area contributed by atoms with Gasteiger partial charge < -0.3 is 10.1 Å². The Morgan fingerprint density at radius 3 is 2.36 bits per heavy atom. The van der Waals surface area contributed by atoms with Crippen LogP contribution in [-0.2, 0) is 14.6 Å². The van der Waals surface area contributed by atoms with Gasteiger partial charge in [0.2, 0.25) is 0 Å². The number of rotatable bonds is 4. The Bertz CT molecular complexity index is 262. The summed E-state index contributed by atoms with van der Waals surface area (Å²) in [6.45, 7) is 2.11. The third-order valence-electron chi connectivity index (χ3n) is 2.67. The number of nitrogens with one attached hydrogen (secondary N) is 1. The quantitative estimate of drug-likeness (QED) is 0.728. The van der Waals surface area contributed by atoms with E-state index in [0.717, 1.165) is 19.4 Å². The second-order valence-electron chi connectivity index (χ2n) is 4.21. The summed E-state index contributed by atoms with van der Waals surface area (Å²) in [4.78, 5) is 0. The second kappa shape index (κ2) is 4.59. The van der Waals surface area contributed by atoms with Gasteiger partial charge in [-0.3, -0.25) is 0 Å². The normalized spacial score (nSPS) is 22.1. The van der Waals surface area contributed by atoms with Gasteiger partial charge in [0.1, 0.15) is 9.84 Å². The Balaban J connectivity index is 2.70. The van der Waals surface area contributed by atoms with Gasteiger partial charge in [-0.25, -0.2) is 8.42 Å². The molecule has 0 aliphatic carbocycles. The highest BCUT2D eigenvalue weighted by molar-refractivity contribution is 7.90. The largest absolute Gasteiger partial charge is 0.381 e. The monoisotopic (exact) mass is 221 g/mol. The third-order valence-corrected chi connectivity index (χ3v) is 3.81. The highest BCUT2D eigenvalue weighted by Gasteiger charge is 2.35. The van der Waals surface area contributed by atoms with Crippen LogP contribution < -0.4 is 5.32 Å². The van der Waals surface area contributed by atoms with E-state index < -0.39 is 9.84 Å². The van der Waals surface area contributed by atoms with Crippen LogP contribution >= 0.6 is 0 Å². The van der Waals surface area contributed by atoms with Crippen molar-refractivity contribution in [1.82, 2.24) is 5.32 Å². The lowest BCUT2D eigenvalue weighted by Crippen LogP contribution is -2.42. The average molecular weight is 221 g/mol. The molecular formula is C9H19NO3S. The predicted octanol–water partition coefficient (Wildman–Crippen LogP) is 0.0472. The van der Waals surface area contributed by atoms with Crippen LogP contribution in [0.3, 0.4) is 0 Å². The fraction of sp³-hybridized carbons (Fsp3) is 1.00. The Labute approximate surface area is 85.9 Å². The van der Waals surface area contributed by atoms with Crippen molar-refractivity contribution < 1.29 is 13.2 Å². The molecule has 4 nitrogen and oxygen atoms in total. The molecular weight excluding hydrogens is 202 g/mol. The van der Waals surface area contributed by atoms with Crippen LogP contribution in [0.15, 0.2) is 0 Å². The third kappa shape index (κ3) is 3.55. The molecule has 0 atom stereocenters. The van der Waals surface area contributed by atoms with Gasteiger partial charge in [-0.05, 0) is 19.9 Å². The molecule has 84 valence electrons. The highest BCUT2D eigenvalue weighted by atomic mass is 32.2. The van der Waals surface area contributed by atoms with Crippen molar-refractivity contribution in [3.05, 3.63) is 0 Å². The molecule has 5 heteroatoms. The summed E-state index contributed by atoms with van der Waals surface area (Å²) in [5.74, 6) is 0.268. The Hall–Kier alpha value is -0.130. The summed E-state index contributed by atoms with van der Waals surface area (Å²) < 4.78 is 27.9. The SMILES string of the molecule is CNCC1(CS(C)(=O)=O)CCOCC1. The fourth-order valence-electron chi connectivity index (χ4n) is 2.11. The first-order valence-electron chi connectivity index (χ1n) is 4.88. The topological polar surface area (TPSA) is 55.4 Å². The van der Waals surface area contributed by atoms with Crippen molar-refractivity contribution in [2.45, 2.75) is 12.8 Å². The summed E-state index contributed by atoms with van der Waals surface area (Å²) in [7, 11) is -1.04. The summed E-state index contributed by atoms with van der Waals surface area (Å²) in [6.07, 6.45) is 2.97. The lowest BCUT2D eigenvalue weighted by Gasteiger charge is -2.36. The first kappa shape index (κ1) is 11.9. The van der Waals surface area contributed by atoms with E-state index in [2.05, 4.69) is 5.32 Å². The lowest BCUT2D eigenvalue weighted by molar-refractivity contribution is 0.0266. The van der Waals surface area contributed by atoms with E-state index in [4.69, 9.17) is 4.74 Å². The number of hydrogen-bond acceptors (Lipinski definition) is 4. The molecule has 0 aromatic heterocycles. The maximum Gasteiger partial charge on any atom is 0.148 e. The zero-order valence-electron chi connectivity index (χ0n) is 8.88. The molecule has 0 unspecified atom stereocenters. The van der Waals surface area contributed by atoms with Crippen molar-refractivity contribution in [1.29, 1.82) is 0 Å². The predicted molar refractivity (Wildman–Crippen MR) is 56.1 cm³/mol. The van der Waals surface area contributed by atoms with Crippen LogP contribution in [0.1, 0.15) is 12.8 Å². The van der Waals surface area contributed by atoms with E-state index in [9.17, 15) is 8.42 Å². The molecule has 0 aromatic rings. The van der Waals surface area contributed by atoms with E-state index in [1.54, 1.807) is 0 Å². The first-order valence-corrected chi connectivity index (χ1v) is 6.94. The van der Waals surface area contributed by atoms with Gasteiger partial charge in [0, 0.05) is 31.4 Å². The molecule has 1 rings (SSSR count). The van der Waals surface area contributed by atoms with Gasteiger partial charge in [0.05, 0.1) is 5.75 Å². The van der Waals surface area contributed by atoms with Crippen LogP contribution in [0.2, 0.25) is 0 Å². The molecule has 1 heterocycles. The van der Waals surface area contributed by atoms with Crippen molar-refractivity contribution in [2.75, 3.05) is 38.8 Å². The van der Waals surface area contributed by atoms with Crippen LogP contribution in [-0.4, -0.2) is 47.2 Å². The van der Waals surface area contributed by atoms with Crippen LogP contribution in [0.25, 0.3) is 0 Å². The Morgan fingerprint density at radius 2 is 1.93 bits per heavy atom. The van der Waals surface area contributed by atoms with Gasteiger partial charge in [-0.15, -0.1) is 0 Å². The van der Waals surface area contributed by atoms with Gasteiger partial charge >= 0.3 is 0 Å². The fourth-order valence-corrected chi connectivity index (χ4v) is 3.61. The molecule has 0 amide bonds. The zero-order chi connectivity index (χ0) is 10.7. The maximum absolute atomic E-state index is 11.3. The molecule has 0 spiro atoms. The average Bonchev–Trinajstić information content (AvgIpc) is 2.02. The minimum absolute atomic E-state index is 0.111. The molecule has 1 fully saturated rings. The smallest absolute Gasteiger partial charge is 0.148 e. The van der Waals surface area contributed by atoms with Crippen LogP contribution in [0.4, 0.5) is 0 Å². The molecule has 0 bridgehead atoms. The van der Waals surface area contributed by atoms with E-state index in [1.807, 2.05) is 7.05 Å². The van der Waals surface area contributed by atoms with Crippen LogP contribution in [0, 0.1) is 5.41 Å². The minimum atomic E-state index is -2.90. The van der Waals surface area contributed by atoms with E-state index >= 15 is 0 Å². The molecule has 1 aliphatic rings. The van der Waals surface area contributed by atoms with E-state index in [-0.39, 0.29) is 11.2 Å². The molecule has 14 heavy (non-hydrogen) atoms. The molecule has 1 saturated heterocycles. The second-order valence-corrected chi connectivity index (χ2v) is 6.35. The molecule has 1 N–H and O–H groups in total. The number of hydrogen-bond donors (Lipinski definition) is 1. The number of sulfone groups is 1. The minimum Gasteiger partial charge on any atom is -0.381 e. The molecule has 0 aromatic carbocycles. The van der Waals surface area contributed by atoms with E-state index in [1.165, 1.54) is 6.26 Å². The van der Waals surface area contributed by atoms with Gasteiger partial charge in [-0.2, -0.15) is 0 Å². The first-order chi connectivity index (χ1) is 6.47. The van der Waals surface area contributed by atoms with Gasteiger partial charge in [0.15, 0.2) is 0 Å². The van der Waals surface area contributed by atoms with E-state index in [0.29, 0.717) is 13.2 Å². The summed E-state index contributed by atoms with van der Waals surface area (Å²) in [5, 5.41) is 3.08. The highest BCUT2D eigenvalue weighted by Crippen LogP contribution is 2.31. The lowest BCUT2D eigenvalue weighted by atomic mass is 9.82. The van der Waals surface area contributed by atoms with Gasteiger partial charge in [0.25, 0.3) is 0 Å². The van der Waals surface area contributed by atoms with Crippen molar-refractivity contribution in [2.24, 2.45) is 5.41 Å². The maximum atomic E-state index is 11.3. The van der Waals surface area contributed by atoms with Crippen molar-refractivity contribution in [3.8, 4) is 0 Å². The summed E-state index contributed by atoms with van der Waals surface area (Å²) in [5.41, 5.74) is -0.111. The standard InChI is InChI=1S/C9H19NO3S/c1-10-7-9(8-14(2,11)12)3-5-13-6-4-9/h10H,3-8H2,1-2H3. The Morgan fingerprint density at radius 1 is 1.36 bits per heavy atom. The van der Waals surface area contributed by atoms with Crippen molar-refractivity contribution >= 4 is 9.84 Å². The summed E-state index contributed by atoms with van der Waals surface area (Å²) in [6, 6.07) is 0. The van der Waals surface area contributed by atoms with Gasteiger partial charge in [-0.1, -0.05) is 0 Å². The van der Waals surface area contributed by atoms with Crippen molar-refractivity contribution in [3.63, 3.8) is 0 Å². The summed E-state index contributed by atoms with van der Waals surface area (Å²) >= 11 is 0. The van der Waals surface area contributed by atoms with Crippen LogP contribution in [0.5, 0.6) is 0 Å².